The monoisotopic (exact) mass is 432 g/mol. The highest BCUT2D eigenvalue weighted by atomic mass is 32.2. The van der Waals surface area contributed by atoms with Crippen molar-refractivity contribution in [2.45, 2.75) is 19.2 Å². The summed E-state index contributed by atoms with van der Waals surface area (Å²) in [6.07, 6.45) is 0. The Morgan fingerprint density at radius 1 is 1.10 bits per heavy atom. The number of rotatable bonds is 6. The molecule has 2 amide bonds. The first-order valence-corrected chi connectivity index (χ1v) is 11.2. The standard InChI is InChI=1S/C25H24N2O3S/c1-3-30-22-13-11-21(12-14-22)27-23(28)16-31-25(27)19-5-4-6-20(15-19)26-24(29)18-9-7-17(2)8-10-18/h4-15,25H,3,16H2,1-2H3,(H,26,29). The van der Waals surface area contributed by atoms with E-state index in [2.05, 4.69) is 5.32 Å². The highest BCUT2D eigenvalue weighted by Gasteiger charge is 2.34. The Morgan fingerprint density at radius 3 is 2.55 bits per heavy atom. The molecule has 1 atom stereocenters. The molecular weight excluding hydrogens is 408 g/mol. The van der Waals surface area contributed by atoms with Crippen molar-refractivity contribution in [1.82, 2.24) is 0 Å². The van der Waals surface area contributed by atoms with Gasteiger partial charge in [-0.1, -0.05) is 29.8 Å². The average Bonchev–Trinajstić information content (AvgIpc) is 3.16. The molecule has 1 aliphatic heterocycles. The second-order valence-electron chi connectivity index (χ2n) is 7.30. The van der Waals surface area contributed by atoms with Gasteiger partial charge in [0.05, 0.1) is 12.4 Å². The lowest BCUT2D eigenvalue weighted by molar-refractivity contribution is -0.115. The lowest BCUT2D eigenvalue weighted by Crippen LogP contribution is -2.27. The highest BCUT2D eigenvalue weighted by molar-refractivity contribution is 8.00. The van der Waals surface area contributed by atoms with Crippen LogP contribution in [0.4, 0.5) is 11.4 Å². The van der Waals surface area contributed by atoms with Crippen LogP contribution in [-0.2, 0) is 4.79 Å². The zero-order valence-electron chi connectivity index (χ0n) is 17.5. The number of thioether (sulfide) groups is 1. The molecule has 1 N–H and O–H groups in total. The molecule has 0 aromatic heterocycles. The van der Waals surface area contributed by atoms with E-state index < -0.39 is 0 Å². The lowest BCUT2D eigenvalue weighted by atomic mass is 10.1. The number of benzene rings is 3. The summed E-state index contributed by atoms with van der Waals surface area (Å²) in [6, 6.07) is 22.7. The normalized spacial score (nSPS) is 15.7. The van der Waals surface area contributed by atoms with E-state index in [9.17, 15) is 9.59 Å². The SMILES string of the molecule is CCOc1ccc(N2C(=O)CSC2c2cccc(NC(=O)c3ccc(C)cc3)c2)cc1. The molecular formula is C25H24N2O3S. The number of nitrogens with one attached hydrogen (secondary N) is 1. The lowest BCUT2D eigenvalue weighted by Gasteiger charge is -2.25. The molecule has 31 heavy (non-hydrogen) atoms. The molecule has 1 aliphatic rings. The zero-order chi connectivity index (χ0) is 21.8. The third-order valence-electron chi connectivity index (χ3n) is 5.04. The van der Waals surface area contributed by atoms with Crippen LogP contribution in [0.25, 0.3) is 0 Å². The Kier molecular flexibility index (Phi) is 6.28. The summed E-state index contributed by atoms with van der Waals surface area (Å²) in [5, 5.41) is 2.81. The number of nitrogens with zero attached hydrogens (tertiary/aromatic N) is 1. The van der Waals surface area contributed by atoms with Crippen molar-refractivity contribution in [2.24, 2.45) is 0 Å². The first-order valence-electron chi connectivity index (χ1n) is 10.2. The van der Waals surface area contributed by atoms with Gasteiger partial charge < -0.3 is 10.1 Å². The minimum absolute atomic E-state index is 0.0632. The second kappa shape index (κ2) is 9.27. The van der Waals surface area contributed by atoms with Gasteiger partial charge in [-0.15, -0.1) is 11.8 Å². The maximum Gasteiger partial charge on any atom is 0.255 e. The van der Waals surface area contributed by atoms with Crippen LogP contribution >= 0.6 is 11.8 Å². The molecule has 0 radical (unpaired) electrons. The third-order valence-corrected chi connectivity index (χ3v) is 6.25. The number of amides is 2. The molecule has 4 rings (SSSR count). The number of hydrogen-bond donors (Lipinski definition) is 1. The average molecular weight is 433 g/mol. The predicted octanol–water partition coefficient (Wildman–Crippen LogP) is 5.42. The molecule has 0 saturated carbocycles. The summed E-state index contributed by atoms with van der Waals surface area (Å²) in [4.78, 5) is 27.0. The fraction of sp³-hybridized carbons (Fsp3) is 0.200. The van der Waals surface area contributed by atoms with E-state index in [1.165, 1.54) is 0 Å². The van der Waals surface area contributed by atoms with Gasteiger partial charge in [0.25, 0.3) is 5.91 Å². The summed E-state index contributed by atoms with van der Waals surface area (Å²) < 4.78 is 5.51. The third kappa shape index (κ3) is 4.75. The molecule has 6 heteroatoms. The quantitative estimate of drug-likeness (QED) is 0.565. The van der Waals surface area contributed by atoms with E-state index in [1.807, 2.05) is 86.6 Å². The van der Waals surface area contributed by atoms with E-state index in [1.54, 1.807) is 16.7 Å². The second-order valence-corrected chi connectivity index (χ2v) is 8.37. The van der Waals surface area contributed by atoms with Crippen LogP contribution in [0.5, 0.6) is 5.75 Å². The van der Waals surface area contributed by atoms with Crippen molar-refractivity contribution in [3.05, 3.63) is 89.5 Å². The smallest absolute Gasteiger partial charge is 0.255 e. The van der Waals surface area contributed by atoms with Gasteiger partial charge >= 0.3 is 0 Å². The van der Waals surface area contributed by atoms with E-state index in [0.29, 0.717) is 23.6 Å². The van der Waals surface area contributed by atoms with E-state index in [0.717, 1.165) is 22.6 Å². The first kappa shape index (κ1) is 21.0. The number of aryl methyl sites for hydroxylation is 1. The Hall–Kier alpha value is -3.25. The zero-order valence-corrected chi connectivity index (χ0v) is 18.3. The van der Waals surface area contributed by atoms with Crippen molar-refractivity contribution in [3.8, 4) is 5.75 Å². The Balaban J connectivity index is 1.55. The van der Waals surface area contributed by atoms with Crippen LogP contribution in [-0.4, -0.2) is 24.2 Å². The molecule has 3 aromatic carbocycles. The summed E-state index contributed by atoms with van der Waals surface area (Å²) in [7, 11) is 0. The largest absolute Gasteiger partial charge is 0.494 e. The topological polar surface area (TPSA) is 58.6 Å². The van der Waals surface area contributed by atoms with Gasteiger partial charge in [-0.2, -0.15) is 0 Å². The van der Waals surface area contributed by atoms with Gasteiger partial charge in [0.1, 0.15) is 11.1 Å². The van der Waals surface area contributed by atoms with Crippen molar-refractivity contribution in [2.75, 3.05) is 22.6 Å². The van der Waals surface area contributed by atoms with E-state index in [-0.39, 0.29) is 17.2 Å². The minimum Gasteiger partial charge on any atom is -0.494 e. The Bertz CT molecular complexity index is 1080. The molecule has 0 aliphatic carbocycles. The van der Waals surface area contributed by atoms with Gasteiger partial charge in [0.15, 0.2) is 0 Å². The number of carbonyl (C=O) groups excluding carboxylic acids is 2. The molecule has 3 aromatic rings. The Labute approximate surface area is 186 Å². The summed E-state index contributed by atoms with van der Waals surface area (Å²) in [6.45, 7) is 4.53. The van der Waals surface area contributed by atoms with Crippen molar-refractivity contribution in [1.29, 1.82) is 0 Å². The van der Waals surface area contributed by atoms with Gasteiger partial charge in [0.2, 0.25) is 5.91 Å². The Morgan fingerprint density at radius 2 is 1.84 bits per heavy atom. The summed E-state index contributed by atoms with van der Waals surface area (Å²) in [5.41, 5.74) is 4.21. The summed E-state index contributed by atoms with van der Waals surface area (Å²) in [5.74, 6) is 1.10. The van der Waals surface area contributed by atoms with E-state index in [4.69, 9.17) is 4.74 Å². The molecule has 1 fully saturated rings. The molecule has 1 saturated heterocycles. The molecule has 5 nitrogen and oxygen atoms in total. The van der Waals surface area contributed by atoms with Crippen molar-refractivity contribution < 1.29 is 14.3 Å². The highest BCUT2D eigenvalue weighted by Crippen LogP contribution is 2.42. The van der Waals surface area contributed by atoms with Gasteiger partial charge in [-0.3, -0.25) is 14.5 Å². The van der Waals surface area contributed by atoms with E-state index >= 15 is 0 Å². The molecule has 1 unspecified atom stereocenters. The summed E-state index contributed by atoms with van der Waals surface area (Å²) >= 11 is 1.58. The fourth-order valence-corrected chi connectivity index (χ4v) is 4.66. The van der Waals surface area contributed by atoms with Crippen molar-refractivity contribution in [3.63, 3.8) is 0 Å². The van der Waals surface area contributed by atoms with Gasteiger partial charge in [-0.05, 0) is 67.9 Å². The fourth-order valence-electron chi connectivity index (χ4n) is 3.50. The van der Waals surface area contributed by atoms with Crippen LogP contribution in [0, 0.1) is 6.92 Å². The molecule has 158 valence electrons. The van der Waals surface area contributed by atoms with Crippen LogP contribution in [0.1, 0.15) is 33.8 Å². The van der Waals surface area contributed by atoms with Crippen LogP contribution in [0.2, 0.25) is 0 Å². The van der Waals surface area contributed by atoms with Crippen LogP contribution in [0.3, 0.4) is 0 Å². The first-order chi connectivity index (χ1) is 15.0. The predicted molar refractivity (Wildman–Crippen MR) is 126 cm³/mol. The number of carbonyl (C=O) groups is 2. The maximum atomic E-state index is 12.6. The number of anilines is 2. The van der Waals surface area contributed by atoms with Crippen molar-refractivity contribution >= 4 is 35.0 Å². The molecule has 1 heterocycles. The molecule has 0 spiro atoms. The number of ether oxygens (including phenoxy) is 1. The van der Waals surface area contributed by atoms with Gasteiger partial charge in [0, 0.05) is 16.9 Å². The van der Waals surface area contributed by atoms with Crippen LogP contribution < -0.4 is 15.0 Å². The maximum absolute atomic E-state index is 12.6. The minimum atomic E-state index is -0.157. The molecule has 0 bridgehead atoms. The van der Waals surface area contributed by atoms with Crippen LogP contribution in [0.15, 0.2) is 72.8 Å². The number of hydrogen-bond acceptors (Lipinski definition) is 4. The van der Waals surface area contributed by atoms with Gasteiger partial charge in [-0.25, -0.2) is 0 Å².